The largest absolute Gasteiger partial charge is 0.307 e. The van der Waals surface area contributed by atoms with Crippen LogP contribution in [-0.4, -0.2) is 11.5 Å². The molecule has 0 aliphatic rings. The summed E-state index contributed by atoms with van der Waals surface area (Å²) in [5, 5.41) is 3.45. The average molecular weight is 258 g/mol. The Bertz CT molecular complexity index is 566. The number of aryl methyl sites for hydroxylation is 2. The zero-order valence-corrected chi connectivity index (χ0v) is 11.6. The molecule has 2 nitrogen and oxygen atoms in total. The van der Waals surface area contributed by atoms with Crippen LogP contribution in [0.3, 0.4) is 0 Å². The van der Waals surface area contributed by atoms with Crippen LogP contribution < -0.4 is 5.32 Å². The van der Waals surface area contributed by atoms with E-state index in [1.54, 1.807) is 6.07 Å². The highest BCUT2D eigenvalue weighted by Crippen LogP contribution is 2.25. The molecule has 0 bridgehead atoms. The van der Waals surface area contributed by atoms with Crippen molar-refractivity contribution in [2.24, 2.45) is 0 Å². The van der Waals surface area contributed by atoms with Crippen molar-refractivity contribution in [2.75, 3.05) is 6.54 Å². The van der Waals surface area contributed by atoms with E-state index in [-0.39, 0.29) is 11.9 Å². The molecule has 19 heavy (non-hydrogen) atoms. The first kappa shape index (κ1) is 13.7. The van der Waals surface area contributed by atoms with Crippen molar-refractivity contribution < 1.29 is 4.39 Å². The average Bonchev–Trinajstić information content (AvgIpc) is 2.37. The van der Waals surface area contributed by atoms with Gasteiger partial charge in [-0.15, -0.1) is 0 Å². The zero-order chi connectivity index (χ0) is 13.8. The molecular weight excluding hydrogens is 239 g/mol. The Morgan fingerprint density at radius 2 is 2.00 bits per heavy atom. The third kappa shape index (κ3) is 3.18. The van der Waals surface area contributed by atoms with Gasteiger partial charge in [-0.2, -0.15) is 0 Å². The second-order valence-corrected chi connectivity index (χ2v) is 4.72. The van der Waals surface area contributed by atoms with E-state index in [0.29, 0.717) is 0 Å². The Labute approximate surface area is 113 Å². The smallest absolute Gasteiger partial charge is 0.123 e. The third-order valence-electron chi connectivity index (χ3n) is 3.21. The normalized spacial score (nSPS) is 12.4. The molecule has 0 fully saturated rings. The standard InChI is InChI=1S/C16H19FN2/c1-4-18-16(13-7-8-19-12(3)10-13)15-6-5-14(17)9-11(15)2/h5-10,16,18H,4H2,1-3H3. The van der Waals surface area contributed by atoms with Gasteiger partial charge in [-0.05, 0) is 61.3 Å². The second kappa shape index (κ2) is 5.93. The lowest BCUT2D eigenvalue weighted by Gasteiger charge is -2.21. The fourth-order valence-corrected chi connectivity index (χ4v) is 2.32. The van der Waals surface area contributed by atoms with Gasteiger partial charge < -0.3 is 5.32 Å². The van der Waals surface area contributed by atoms with Crippen LogP contribution in [0, 0.1) is 19.7 Å². The van der Waals surface area contributed by atoms with Crippen LogP contribution in [0.5, 0.6) is 0 Å². The minimum atomic E-state index is -0.192. The first-order valence-electron chi connectivity index (χ1n) is 6.53. The molecule has 0 aliphatic carbocycles. The zero-order valence-electron chi connectivity index (χ0n) is 11.6. The van der Waals surface area contributed by atoms with E-state index >= 15 is 0 Å². The van der Waals surface area contributed by atoms with Crippen LogP contribution in [0.4, 0.5) is 4.39 Å². The van der Waals surface area contributed by atoms with Gasteiger partial charge in [-0.25, -0.2) is 4.39 Å². The molecule has 1 atom stereocenters. The van der Waals surface area contributed by atoms with Crippen molar-refractivity contribution in [1.29, 1.82) is 0 Å². The summed E-state index contributed by atoms with van der Waals surface area (Å²) < 4.78 is 13.2. The molecule has 1 N–H and O–H groups in total. The Morgan fingerprint density at radius 3 is 2.63 bits per heavy atom. The van der Waals surface area contributed by atoms with Gasteiger partial charge in [-0.3, -0.25) is 4.98 Å². The number of benzene rings is 1. The predicted molar refractivity (Wildman–Crippen MR) is 75.6 cm³/mol. The minimum absolute atomic E-state index is 0.0762. The predicted octanol–water partition coefficient (Wildman–Crippen LogP) is 3.54. The topological polar surface area (TPSA) is 24.9 Å². The fraction of sp³-hybridized carbons (Fsp3) is 0.312. The maximum Gasteiger partial charge on any atom is 0.123 e. The molecule has 0 saturated carbocycles. The molecule has 3 heteroatoms. The summed E-state index contributed by atoms with van der Waals surface area (Å²) in [6.45, 7) is 6.84. The molecule has 0 spiro atoms. The van der Waals surface area contributed by atoms with Crippen molar-refractivity contribution in [3.8, 4) is 0 Å². The van der Waals surface area contributed by atoms with Gasteiger partial charge in [0.2, 0.25) is 0 Å². The van der Waals surface area contributed by atoms with Crippen molar-refractivity contribution in [3.63, 3.8) is 0 Å². The van der Waals surface area contributed by atoms with Gasteiger partial charge in [0.1, 0.15) is 5.82 Å². The lowest BCUT2D eigenvalue weighted by atomic mass is 9.95. The lowest BCUT2D eigenvalue weighted by molar-refractivity contribution is 0.609. The number of aromatic nitrogens is 1. The van der Waals surface area contributed by atoms with Gasteiger partial charge in [0.05, 0.1) is 6.04 Å². The molecule has 0 radical (unpaired) electrons. The van der Waals surface area contributed by atoms with Crippen molar-refractivity contribution in [2.45, 2.75) is 26.8 Å². The van der Waals surface area contributed by atoms with E-state index in [9.17, 15) is 4.39 Å². The summed E-state index contributed by atoms with van der Waals surface area (Å²) in [4.78, 5) is 4.22. The fourth-order valence-electron chi connectivity index (χ4n) is 2.32. The summed E-state index contributed by atoms with van der Waals surface area (Å²) in [5.41, 5.74) is 4.21. The summed E-state index contributed by atoms with van der Waals surface area (Å²) in [7, 11) is 0. The van der Waals surface area contributed by atoms with Gasteiger partial charge >= 0.3 is 0 Å². The van der Waals surface area contributed by atoms with E-state index in [4.69, 9.17) is 0 Å². The molecule has 0 amide bonds. The van der Waals surface area contributed by atoms with Crippen LogP contribution in [0.1, 0.15) is 35.3 Å². The highest BCUT2D eigenvalue weighted by molar-refractivity contribution is 5.37. The Balaban J connectivity index is 2.45. The lowest BCUT2D eigenvalue weighted by Crippen LogP contribution is -2.23. The minimum Gasteiger partial charge on any atom is -0.307 e. The van der Waals surface area contributed by atoms with E-state index in [0.717, 1.165) is 28.9 Å². The van der Waals surface area contributed by atoms with E-state index in [2.05, 4.69) is 23.3 Å². The number of nitrogens with zero attached hydrogens (tertiary/aromatic N) is 1. The van der Waals surface area contributed by atoms with Gasteiger partial charge in [0, 0.05) is 11.9 Å². The van der Waals surface area contributed by atoms with E-state index in [1.807, 2.05) is 32.2 Å². The molecule has 0 saturated heterocycles. The first-order valence-corrected chi connectivity index (χ1v) is 6.53. The summed E-state index contributed by atoms with van der Waals surface area (Å²) in [6, 6.07) is 9.09. The summed E-state index contributed by atoms with van der Waals surface area (Å²) in [5.74, 6) is -0.192. The number of rotatable bonds is 4. The highest BCUT2D eigenvalue weighted by Gasteiger charge is 2.15. The van der Waals surface area contributed by atoms with Gasteiger partial charge in [0.25, 0.3) is 0 Å². The molecule has 1 aromatic carbocycles. The number of hydrogen-bond donors (Lipinski definition) is 1. The molecule has 0 aliphatic heterocycles. The Kier molecular flexibility index (Phi) is 4.27. The Morgan fingerprint density at radius 1 is 1.21 bits per heavy atom. The molecule has 2 aromatic rings. The van der Waals surface area contributed by atoms with Crippen LogP contribution >= 0.6 is 0 Å². The van der Waals surface area contributed by atoms with Crippen LogP contribution in [-0.2, 0) is 0 Å². The van der Waals surface area contributed by atoms with Crippen molar-refractivity contribution >= 4 is 0 Å². The molecule has 1 unspecified atom stereocenters. The van der Waals surface area contributed by atoms with Crippen LogP contribution in [0.25, 0.3) is 0 Å². The summed E-state index contributed by atoms with van der Waals surface area (Å²) >= 11 is 0. The van der Waals surface area contributed by atoms with Gasteiger partial charge in [-0.1, -0.05) is 13.0 Å². The van der Waals surface area contributed by atoms with Crippen molar-refractivity contribution in [3.05, 3.63) is 64.7 Å². The quantitative estimate of drug-likeness (QED) is 0.907. The Hall–Kier alpha value is -1.74. The highest BCUT2D eigenvalue weighted by atomic mass is 19.1. The van der Waals surface area contributed by atoms with Crippen LogP contribution in [0.2, 0.25) is 0 Å². The van der Waals surface area contributed by atoms with E-state index in [1.165, 1.54) is 6.07 Å². The molecule has 1 aromatic heterocycles. The monoisotopic (exact) mass is 258 g/mol. The number of nitrogens with one attached hydrogen (secondary N) is 1. The number of halogens is 1. The molecule has 100 valence electrons. The molecule has 1 heterocycles. The maximum absolute atomic E-state index is 13.2. The third-order valence-corrected chi connectivity index (χ3v) is 3.21. The van der Waals surface area contributed by atoms with Crippen LogP contribution in [0.15, 0.2) is 36.5 Å². The van der Waals surface area contributed by atoms with Gasteiger partial charge in [0.15, 0.2) is 0 Å². The maximum atomic E-state index is 13.2. The molecular formula is C16H19FN2. The van der Waals surface area contributed by atoms with Crippen molar-refractivity contribution in [1.82, 2.24) is 10.3 Å². The molecule has 2 rings (SSSR count). The number of pyridine rings is 1. The SMILES string of the molecule is CCNC(c1ccnc(C)c1)c1ccc(F)cc1C. The second-order valence-electron chi connectivity index (χ2n) is 4.72. The number of hydrogen-bond acceptors (Lipinski definition) is 2. The van der Waals surface area contributed by atoms with E-state index < -0.39 is 0 Å². The summed E-state index contributed by atoms with van der Waals surface area (Å²) in [6.07, 6.45) is 1.81. The first-order chi connectivity index (χ1) is 9.11.